The average molecular weight is 328 g/mol. The highest BCUT2D eigenvalue weighted by Gasteiger charge is 2.08. The summed E-state index contributed by atoms with van der Waals surface area (Å²) in [6, 6.07) is 7.96. The summed E-state index contributed by atoms with van der Waals surface area (Å²) in [4.78, 5) is 10.1. The summed E-state index contributed by atoms with van der Waals surface area (Å²) in [5.74, 6) is 0.643. The van der Waals surface area contributed by atoms with Crippen molar-refractivity contribution in [1.82, 2.24) is 9.97 Å². The molecule has 0 unspecified atom stereocenters. The van der Waals surface area contributed by atoms with Crippen LogP contribution in [-0.2, 0) is 0 Å². The molecule has 0 radical (unpaired) electrons. The molecule has 1 heterocycles. The zero-order valence-electron chi connectivity index (χ0n) is 9.98. The molecular formula is C12H12BrClN4. The van der Waals surface area contributed by atoms with Crippen molar-refractivity contribution in [2.24, 2.45) is 0 Å². The van der Waals surface area contributed by atoms with Crippen LogP contribution in [0.4, 0.5) is 17.2 Å². The van der Waals surface area contributed by atoms with Crippen molar-refractivity contribution in [2.45, 2.75) is 0 Å². The Balaban J connectivity index is 2.37. The molecule has 0 aliphatic carbocycles. The molecule has 4 nitrogen and oxygen atoms in total. The molecule has 0 aliphatic rings. The zero-order valence-corrected chi connectivity index (χ0v) is 12.3. The van der Waals surface area contributed by atoms with Gasteiger partial charge in [-0.15, -0.1) is 0 Å². The first-order valence-corrected chi connectivity index (χ1v) is 6.46. The number of anilines is 3. The normalized spacial score (nSPS) is 10.2. The topological polar surface area (TPSA) is 41.0 Å². The minimum absolute atomic E-state index is 0.211. The van der Waals surface area contributed by atoms with E-state index in [4.69, 9.17) is 11.6 Å². The Hall–Kier alpha value is -1.33. The molecular weight excluding hydrogens is 316 g/mol. The smallest absolute Gasteiger partial charge is 0.224 e. The number of aromatic nitrogens is 2. The average Bonchev–Trinajstić information content (AvgIpc) is 2.34. The highest BCUT2D eigenvalue weighted by atomic mass is 79.9. The number of benzene rings is 1. The standard InChI is InChI=1S/C12H12BrClN4/c1-18(2)10-6-4-3-5-9(10)16-11-8(13)7-15-12(14)17-11/h3-7H,1-2H3,(H,15,16,17). The van der Waals surface area contributed by atoms with Gasteiger partial charge in [0, 0.05) is 20.3 Å². The summed E-state index contributed by atoms with van der Waals surface area (Å²) < 4.78 is 0.764. The van der Waals surface area contributed by atoms with Gasteiger partial charge < -0.3 is 10.2 Å². The maximum atomic E-state index is 5.79. The van der Waals surface area contributed by atoms with Gasteiger partial charge >= 0.3 is 0 Å². The molecule has 6 heteroatoms. The molecule has 2 rings (SSSR count). The van der Waals surface area contributed by atoms with Crippen molar-refractivity contribution in [3.8, 4) is 0 Å². The lowest BCUT2D eigenvalue weighted by Gasteiger charge is -2.18. The molecule has 0 saturated carbocycles. The Morgan fingerprint density at radius 3 is 2.72 bits per heavy atom. The molecule has 0 saturated heterocycles. The van der Waals surface area contributed by atoms with Crippen LogP contribution < -0.4 is 10.2 Å². The molecule has 1 N–H and O–H groups in total. The Morgan fingerprint density at radius 2 is 2.00 bits per heavy atom. The van der Waals surface area contributed by atoms with Crippen LogP contribution in [0, 0.1) is 0 Å². The van der Waals surface area contributed by atoms with Crippen molar-refractivity contribution >= 4 is 44.7 Å². The van der Waals surface area contributed by atoms with Gasteiger partial charge in [-0.25, -0.2) is 4.98 Å². The Bertz CT molecular complexity index is 560. The van der Waals surface area contributed by atoms with E-state index in [9.17, 15) is 0 Å². The summed E-state index contributed by atoms with van der Waals surface area (Å²) in [5, 5.41) is 3.45. The monoisotopic (exact) mass is 326 g/mol. The lowest BCUT2D eigenvalue weighted by atomic mass is 10.2. The van der Waals surface area contributed by atoms with Crippen molar-refractivity contribution in [1.29, 1.82) is 0 Å². The van der Waals surface area contributed by atoms with Gasteiger partial charge in [-0.1, -0.05) is 12.1 Å². The van der Waals surface area contributed by atoms with Crippen LogP contribution in [0.5, 0.6) is 0 Å². The fraction of sp³-hybridized carbons (Fsp3) is 0.167. The number of nitrogens with zero attached hydrogens (tertiary/aromatic N) is 3. The van der Waals surface area contributed by atoms with E-state index in [-0.39, 0.29) is 5.28 Å². The van der Waals surface area contributed by atoms with Gasteiger partial charge in [0.05, 0.1) is 15.8 Å². The fourth-order valence-electron chi connectivity index (χ4n) is 1.53. The van der Waals surface area contributed by atoms with Crippen LogP contribution in [0.2, 0.25) is 5.28 Å². The third-order valence-corrected chi connectivity index (χ3v) is 3.12. The second-order valence-corrected chi connectivity index (χ2v) is 5.06. The number of halogens is 2. The molecule has 1 aromatic carbocycles. The Labute approximate surface area is 119 Å². The maximum Gasteiger partial charge on any atom is 0.224 e. The van der Waals surface area contributed by atoms with Gasteiger partial charge in [0.1, 0.15) is 5.82 Å². The third-order valence-electron chi connectivity index (χ3n) is 2.35. The molecule has 0 atom stereocenters. The molecule has 18 heavy (non-hydrogen) atoms. The molecule has 0 spiro atoms. The van der Waals surface area contributed by atoms with Gasteiger partial charge in [0.25, 0.3) is 0 Å². The lowest BCUT2D eigenvalue weighted by molar-refractivity contribution is 1.12. The van der Waals surface area contributed by atoms with Crippen molar-refractivity contribution in [3.05, 3.63) is 40.2 Å². The van der Waals surface area contributed by atoms with E-state index >= 15 is 0 Å². The molecule has 1 aromatic heterocycles. The van der Waals surface area contributed by atoms with E-state index in [1.54, 1.807) is 6.20 Å². The lowest BCUT2D eigenvalue weighted by Crippen LogP contribution is -2.11. The van der Waals surface area contributed by atoms with E-state index in [0.29, 0.717) is 5.82 Å². The highest BCUT2D eigenvalue weighted by molar-refractivity contribution is 9.10. The minimum Gasteiger partial charge on any atom is -0.376 e. The first kappa shape index (κ1) is 13.1. The largest absolute Gasteiger partial charge is 0.376 e. The summed E-state index contributed by atoms with van der Waals surface area (Å²) in [7, 11) is 3.98. The number of nitrogens with one attached hydrogen (secondary N) is 1. The first-order chi connectivity index (χ1) is 8.58. The van der Waals surface area contributed by atoms with Crippen LogP contribution in [-0.4, -0.2) is 24.1 Å². The fourth-order valence-corrected chi connectivity index (χ4v) is 1.95. The van der Waals surface area contributed by atoms with E-state index in [0.717, 1.165) is 15.8 Å². The number of hydrogen-bond acceptors (Lipinski definition) is 4. The SMILES string of the molecule is CN(C)c1ccccc1Nc1nc(Cl)ncc1Br. The van der Waals surface area contributed by atoms with E-state index < -0.39 is 0 Å². The van der Waals surface area contributed by atoms with Gasteiger partial charge in [-0.2, -0.15) is 4.98 Å². The quantitative estimate of drug-likeness (QED) is 0.873. The predicted octanol–water partition coefficient (Wildman–Crippen LogP) is 3.70. The molecule has 94 valence electrons. The zero-order chi connectivity index (χ0) is 13.1. The van der Waals surface area contributed by atoms with Crippen LogP contribution in [0.15, 0.2) is 34.9 Å². The van der Waals surface area contributed by atoms with E-state index in [2.05, 4.69) is 31.2 Å². The van der Waals surface area contributed by atoms with Gasteiger partial charge in [-0.3, -0.25) is 0 Å². The number of rotatable bonds is 3. The second-order valence-electron chi connectivity index (χ2n) is 3.87. The second kappa shape index (κ2) is 5.54. The predicted molar refractivity (Wildman–Crippen MR) is 78.8 cm³/mol. The maximum absolute atomic E-state index is 5.79. The van der Waals surface area contributed by atoms with E-state index in [1.807, 2.05) is 43.3 Å². The molecule has 2 aromatic rings. The van der Waals surface area contributed by atoms with E-state index in [1.165, 1.54) is 0 Å². The Kier molecular flexibility index (Phi) is 4.04. The number of para-hydroxylation sites is 2. The summed E-state index contributed by atoms with van der Waals surface area (Å²) >= 11 is 9.18. The third kappa shape index (κ3) is 2.91. The summed E-state index contributed by atoms with van der Waals surface area (Å²) in [6.45, 7) is 0. The van der Waals surface area contributed by atoms with Crippen LogP contribution in [0.1, 0.15) is 0 Å². The molecule has 0 amide bonds. The van der Waals surface area contributed by atoms with Crippen LogP contribution in [0.25, 0.3) is 0 Å². The molecule has 0 aliphatic heterocycles. The molecule has 0 bridgehead atoms. The number of hydrogen-bond donors (Lipinski definition) is 1. The van der Waals surface area contributed by atoms with Gasteiger partial charge in [-0.05, 0) is 39.7 Å². The van der Waals surface area contributed by atoms with Crippen LogP contribution in [0.3, 0.4) is 0 Å². The van der Waals surface area contributed by atoms with Crippen molar-refractivity contribution < 1.29 is 0 Å². The summed E-state index contributed by atoms with van der Waals surface area (Å²) in [6.07, 6.45) is 1.62. The van der Waals surface area contributed by atoms with Gasteiger partial charge in [0.2, 0.25) is 5.28 Å². The van der Waals surface area contributed by atoms with Crippen molar-refractivity contribution in [2.75, 3.05) is 24.3 Å². The first-order valence-electron chi connectivity index (χ1n) is 5.29. The summed E-state index contributed by atoms with van der Waals surface area (Å²) in [5.41, 5.74) is 2.03. The van der Waals surface area contributed by atoms with Crippen molar-refractivity contribution in [3.63, 3.8) is 0 Å². The Morgan fingerprint density at radius 1 is 1.28 bits per heavy atom. The molecule has 0 fully saturated rings. The van der Waals surface area contributed by atoms with Gasteiger partial charge in [0.15, 0.2) is 0 Å². The highest BCUT2D eigenvalue weighted by Crippen LogP contribution is 2.29. The van der Waals surface area contributed by atoms with Crippen LogP contribution >= 0.6 is 27.5 Å². The minimum atomic E-state index is 0.211.